The van der Waals surface area contributed by atoms with Crippen LogP contribution in [0.25, 0.3) is 5.69 Å². The summed E-state index contributed by atoms with van der Waals surface area (Å²) in [4.78, 5) is 14.9. The lowest BCUT2D eigenvalue weighted by Crippen LogP contribution is -2.39. The highest BCUT2D eigenvalue weighted by Crippen LogP contribution is 2.21. The van der Waals surface area contributed by atoms with Crippen LogP contribution in [-0.2, 0) is 0 Å². The molecule has 2 atom stereocenters. The summed E-state index contributed by atoms with van der Waals surface area (Å²) in [6.07, 6.45) is 5.29. The van der Waals surface area contributed by atoms with Crippen LogP contribution in [0.3, 0.4) is 0 Å². The predicted octanol–water partition coefficient (Wildman–Crippen LogP) is 3.67. The zero-order chi connectivity index (χ0) is 19.2. The van der Waals surface area contributed by atoms with E-state index in [0.717, 1.165) is 49.1 Å². The van der Waals surface area contributed by atoms with Crippen LogP contribution < -0.4 is 5.32 Å². The fraction of sp³-hybridized carbons (Fsp3) is 0.545. The van der Waals surface area contributed by atoms with Crippen LogP contribution in [0.5, 0.6) is 0 Å². The topological polar surface area (TPSA) is 50.2 Å². The number of nitrogens with zero attached hydrogens (tertiary/aromatic N) is 3. The minimum Gasteiger partial charge on any atom is -0.352 e. The van der Waals surface area contributed by atoms with Crippen LogP contribution in [0.15, 0.2) is 36.5 Å². The van der Waals surface area contributed by atoms with Crippen molar-refractivity contribution in [3.8, 4) is 5.69 Å². The Morgan fingerprint density at radius 3 is 2.44 bits per heavy atom. The molecule has 0 radical (unpaired) electrons. The van der Waals surface area contributed by atoms with Crippen LogP contribution in [0.4, 0.5) is 0 Å². The van der Waals surface area contributed by atoms with Gasteiger partial charge in [0.1, 0.15) is 0 Å². The number of carbonyl (C=O) groups is 1. The van der Waals surface area contributed by atoms with E-state index in [2.05, 4.69) is 29.2 Å². The van der Waals surface area contributed by atoms with Crippen LogP contribution >= 0.6 is 0 Å². The van der Waals surface area contributed by atoms with Gasteiger partial charge in [-0.2, -0.15) is 5.10 Å². The molecule has 0 aliphatic carbocycles. The number of aromatic nitrogens is 2. The second-order valence-electron chi connectivity index (χ2n) is 8.10. The molecular formula is C22H32N4O. The first-order chi connectivity index (χ1) is 13.0. The second kappa shape index (κ2) is 9.18. The summed E-state index contributed by atoms with van der Waals surface area (Å²) >= 11 is 0. The monoisotopic (exact) mass is 368 g/mol. The predicted molar refractivity (Wildman–Crippen MR) is 109 cm³/mol. The smallest absolute Gasteiger partial charge is 0.251 e. The highest BCUT2D eigenvalue weighted by atomic mass is 16.1. The lowest BCUT2D eigenvalue weighted by Gasteiger charge is -2.34. The Labute approximate surface area is 162 Å². The fourth-order valence-electron chi connectivity index (χ4n) is 4.13. The summed E-state index contributed by atoms with van der Waals surface area (Å²) in [5.41, 5.74) is 2.74. The molecule has 2 aromatic rings. The van der Waals surface area contributed by atoms with E-state index in [1.165, 1.54) is 19.5 Å². The zero-order valence-electron chi connectivity index (χ0n) is 16.8. The molecule has 1 amide bonds. The van der Waals surface area contributed by atoms with Gasteiger partial charge in [-0.25, -0.2) is 4.68 Å². The summed E-state index contributed by atoms with van der Waals surface area (Å²) in [7, 11) is 0. The quantitative estimate of drug-likeness (QED) is 0.759. The summed E-state index contributed by atoms with van der Waals surface area (Å²) < 4.78 is 1.87. The summed E-state index contributed by atoms with van der Waals surface area (Å²) in [6, 6.07) is 9.57. The number of hydrogen-bond donors (Lipinski definition) is 1. The van der Waals surface area contributed by atoms with Gasteiger partial charge in [0.05, 0.1) is 5.69 Å². The number of aryl methyl sites for hydroxylation is 1. The molecule has 1 N–H and O–H groups in total. The molecule has 1 aromatic carbocycles. The van der Waals surface area contributed by atoms with Gasteiger partial charge < -0.3 is 10.2 Å². The first kappa shape index (κ1) is 19.6. The van der Waals surface area contributed by atoms with Crippen LogP contribution in [0, 0.1) is 18.8 Å². The van der Waals surface area contributed by atoms with Crippen molar-refractivity contribution in [3.63, 3.8) is 0 Å². The maximum Gasteiger partial charge on any atom is 0.251 e. The molecular weight excluding hydrogens is 336 g/mol. The number of piperidine rings is 1. The van der Waals surface area contributed by atoms with Gasteiger partial charge in [0, 0.05) is 37.1 Å². The van der Waals surface area contributed by atoms with Crippen molar-refractivity contribution >= 4 is 5.91 Å². The molecule has 1 saturated heterocycles. The van der Waals surface area contributed by atoms with Gasteiger partial charge in [-0.15, -0.1) is 0 Å². The van der Waals surface area contributed by atoms with Gasteiger partial charge in [-0.1, -0.05) is 13.8 Å². The molecule has 146 valence electrons. The molecule has 3 rings (SSSR count). The van der Waals surface area contributed by atoms with Gasteiger partial charge in [-0.3, -0.25) is 4.79 Å². The first-order valence-corrected chi connectivity index (χ1v) is 10.1. The highest BCUT2D eigenvalue weighted by Gasteiger charge is 2.20. The molecule has 1 aliphatic heterocycles. The highest BCUT2D eigenvalue weighted by molar-refractivity contribution is 5.94. The van der Waals surface area contributed by atoms with Crippen molar-refractivity contribution in [1.29, 1.82) is 0 Å². The van der Waals surface area contributed by atoms with Gasteiger partial charge in [0.25, 0.3) is 5.91 Å². The third kappa shape index (κ3) is 5.42. The molecule has 1 aliphatic rings. The number of rotatable bonds is 7. The Morgan fingerprint density at radius 1 is 1.11 bits per heavy atom. The maximum atomic E-state index is 12.3. The maximum absolute atomic E-state index is 12.3. The molecule has 2 heterocycles. The number of hydrogen-bond acceptors (Lipinski definition) is 3. The molecule has 0 saturated carbocycles. The lowest BCUT2D eigenvalue weighted by atomic mass is 9.92. The lowest BCUT2D eigenvalue weighted by molar-refractivity contribution is 0.0951. The van der Waals surface area contributed by atoms with Gasteiger partial charge in [0.15, 0.2) is 0 Å². The van der Waals surface area contributed by atoms with Crippen molar-refractivity contribution in [2.75, 3.05) is 26.2 Å². The molecule has 5 nitrogen and oxygen atoms in total. The van der Waals surface area contributed by atoms with Crippen molar-refractivity contribution in [2.45, 2.75) is 40.0 Å². The number of amides is 1. The van der Waals surface area contributed by atoms with Gasteiger partial charge >= 0.3 is 0 Å². The molecule has 5 heteroatoms. The molecule has 1 fully saturated rings. The summed E-state index contributed by atoms with van der Waals surface area (Å²) in [6.45, 7) is 11.0. The first-order valence-electron chi connectivity index (χ1n) is 10.1. The van der Waals surface area contributed by atoms with E-state index in [-0.39, 0.29) is 5.91 Å². The zero-order valence-corrected chi connectivity index (χ0v) is 16.8. The molecule has 0 bridgehead atoms. The largest absolute Gasteiger partial charge is 0.352 e. The number of unbranched alkanes of at least 4 members (excludes halogenated alkanes) is 1. The second-order valence-corrected chi connectivity index (χ2v) is 8.10. The van der Waals surface area contributed by atoms with E-state index in [9.17, 15) is 4.79 Å². The molecule has 0 unspecified atom stereocenters. The standard InChI is InChI=1S/C22H32N4O/c1-17-14-18(2)16-25(15-17)13-5-4-11-23-22(27)20-6-8-21(9-7-20)26-19(3)10-12-24-26/h6-10,12,17-18H,4-5,11,13-16H2,1-3H3,(H,23,27)/t17-,18+. The van der Waals surface area contributed by atoms with E-state index in [1.54, 1.807) is 6.20 Å². The molecule has 27 heavy (non-hydrogen) atoms. The van der Waals surface area contributed by atoms with Gasteiger partial charge in [0.2, 0.25) is 0 Å². The average Bonchev–Trinajstić information content (AvgIpc) is 3.06. The molecule has 0 spiro atoms. The Hall–Kier alpha value is -2.14. The fourth-order valence-corrected chi connectivity index (χ4v) is 4.13. The summed E-state index contributed by atoms with van der Waals surface area (Å²) in [5.74, 6) is 1.61. The third-order valence-corrected chi connectivity index (χ3v) is 5.34. The van der Waals surface area contributed by atoms with Gasteiger partial charge in [-0.05, 0) is 74.9 Å². The van der Waals surface area contributed by atoms with Crippen molar-refractivity contribution in [3.05, 3.63) is 47.8 Å². The third-order valence-electron chi connectivity index (χ3n) is 5.34. The van der Waals surface area contributed by atoms with Crippen LogP contribution in [0.2, 0.25) is 0 Å². The van der Waals surface area contributed by atoms with E-state index >= 15 is 0 Å². The minimum absolute atomic E-state index is 0.000968. The van der Waals surface area contributed by atoms with Crippen LogP contribution in [0.1, 0.15) is 49.2 Å². The SMILES string of the molecule is Cc1ccnn1-c1ccc(C(=O)NCCCCN2C[C@H](C)C[C@H](C)C2)cc1. The number of likely N-dealkylation sites (tertiary alicyclic amines) is 1. The Balaban J connectivity index is 1.39. The normalized spacial score (nSPS) is 20.6. The van der Waals surface area contributed by atoms with E-state index in [1.807, 2.05) is 41.9 Å². The number of nitrogens with one attached hydrogen (secondary N) is 1. The average molecular weight is 369 g/mol. The number of benzene rings is 1. The number of carbonyl (C=O) groups excluding carboxylic acids is 1. The minimum atomic E-state index is -0.000968. The Kier molecular flexibility index (Phi) is 6.67. The van der Waals surface area contributed by atoms with E-state index in [0.29, 0.717) is 5.56 Å². The van der Waals surface area contributed by atoms with Crippen LogP contribution in [-0.4, -0.2) is 46.8 Å². The Bertz CT molecular complexity index is 727. The van der Waals surface area contributed by atoms with Crippen molar-refractivity contribution < 1.29 is 4.79 Å². The Morgan fingerprint density at radius 2 is 1.81 bits per heavy atom. The molecule has 1 aromatic heterocycles. The van der Waals surface area contributed by atoms with E-state index < -0.39 is 0 Å². The van der Waals surface area contributed by atoms with E-state index in [4.69, 9.17) is 0 Å². The van der Waals surface area contributed by atoms with Crippen molar-refractivity contribution in [1.82, 2.24) is 20.0 Å². The summed E-state index contributed by atoms with van der Waals surface area (Å²) in [5, 5.41) is 7.33. The van der Waals surface area contributed by atoms with Crippen molar-refractivity contribution in [2.24, 2.45) is 11.8 Å².